The lowest BCUT2D eigenvalue weighted by molar-refractivity contribution is 0.562. The van der Waals surface area contributed by atoms with Crippen molar-refractivity contribution in [3.8, 4) is 11.4 Å². The van der Waals surface area contributed by atoms with Crippen LogP contribution >= 0.6 is 15.9 Å². The molecule has 0 bridgehead atoms. The third-order valence-corrected chi connectivity index (χ3v) is 3.58. The molecular weight excluding hydrogens is 308 g/mol. The van der Waals surface area contributed by atoms with Crippen molar-refractivity contribution in [2.24, 2.45) is 7.05 Å². The molecule has 0 aromatic carbocycles. The van der Waals surface area contributed by atoms with Crippen LogP contribution in [0.25, 0.3) is 11.4 Å². The second-order valence-corrected chi connectivity index (χ2v) is 6.42. The fourth-order valence-electron chi connectivity index (χ4n) is 1.92. The Hall–Kier alpha value is -1.43. The highest BCUT2D eigenvalue weighted by molar-refractivity contribution is 9.10. The van der Waals surface area contributed by atoms with E-state index in [9.17, 15) is 4.79 Å². The topological polar surface area (TPSA) is 63.6 Å². The Morgan fingerprint density at radius 1 is 1.37 bits per heavy atom. The summed E-state index contributed by atoms with van der Waals surface area (Å²) in [6, 6.07) is 0. The molecule has 6 heteroatoms. The van der Waals surface area contributed by atoms with Crippen molar-refractivity contribution in [1.29, 1.82) is 0 Å². The Morgan fingerprint density at radius 2 is 2.00 bits per heavy atom. The van der Waals surface area contributed by atoms with Gasteiger partial charge in [0.1, 0.15) is 10.3 Å². The maximum atomic E-state index is 12.0. The van der Waals surface area contributed by atoms with Crippen molar-refractivity contribution in [3.63, 3.8) is 0 Å². The van der Waals surface area contributed by atoms with Crippen molar-refractivity contribution in [1.82, 2.24) is 19.7 Å². The molecule has 0 saturated heterocycles. The van der Waals surface area contributed by atoms with E-state index >= 15 is 0 Å². The molecule has 0 spiro atoms. The first kappa shape index (κ1) is 14.0. The molecule has 0 radical (unpaired) electrons. The number of nitrogens with one attached hydrogen (secondary N) is 1. The zero-order chi connectivity index (χ0) is 14.4. The summed E-state index contributed by atoms with van der Waals surface area (Å²) >= 11 is 3.32. The third-order valence-electron chi connectivity index (χ3n) is 2.84. The average Bonchev–Trinajstić information content (AvgIpc) is 2.60. The fraction of sp³-hybridized carbons (Fsp3) is 0.462. The second kappa shape index (κ2) is 4.59. The van der Waals surface area contributed by atoms with Crippen LogP contribution in [-0.4, -0.2) is 19.7 Å². The molecule has 0 saturated carbocycles. The largest absolute Gasteiger partial charge is 0.305 e. The lowest BCUT2D eigenvalue weighted by Crippen LogP contribution is -2.22. The van der Waals surface area contributed by atoms with Gasteiger partial charge in [-0.15, -0.1) is 0 Å². The summed E-state index contributed by atoms with van der Waals surface area (Å²) in [5.74, 6) is 0.559. The van der Waals surface area contributed by atoms with Crippen LogP contribution in [0.5, 0.6) is 0 Å². The predicted molar refractivity (Wildman–Crippen MR) is 78.2 cm³/mol. The number of nitrogens with zero attached hydrogens (tertiary/aromatic N) is 3. The molecule has 19 heavy (non-hydrogen) atoms. The predicted octanol–water partition coefficient (Wildman–Crippen LogP) is 2.54. The summed E-state index contributed by atoms with van der Waals surface area (Å²) in [6.07, 6.45) is 1.86. The summed E-state index contributed by atoms with van der Waals surface area (Å²) in [6.45, 7) is 7.98. The van der Waals surface area contributed by atoms with Crippen LogP contribution in [0.4, 0.5) is 0 Å². The number of hydrogen-bond donors (Lipinski definition) is 1. The SMILES string of the molecule is Cc1nn(C)cc1-c1nc(C(C)(C)C)c(Br)c(=O)[nH]1. The summed E-state index contributed by atoms with van der Waals surface area (Å²) in [4.78, 5) is 19.4. The third kappa shape index (κ3) is 2.63. The van der Waals surface area contributed by atoms with Crippen LogP contribution in [0.3, 0.4) is 0 Å². The monoisotopic (exact) mass is 324 g/mol. The minimum Gasteiger partial charge on any atom is -0.305 e. The molecule has 2 heterocycles. The van der Waals surface area contributed by atoms with Crippen LogP contribution in [-0.2, 0) is 12.5 Å². The molecule has 2 aromatic rings. The van der Waals surface area contributed by atoms with Gasteiger partial charge in [0, 0.05) is 18.7 Å². The van der Waals surface area contributed by atoms with E-state index < -0.39 is 0 Å². The van der Waals surface area contributed by atoms with E-state index in [1.807, 2.05) is 40.9 Å². The first-order chi connectivity index (χ1) is 8.70. The lowest BCUT2D eigenvalue weighted by atomic mass is 9.92. The summed E-state index contributed by atoms with van der Waals surface area (Å²) in [5.41, 5.74) is 2.05. The molecule has 0 aliphatic heterocycles. The van der Waals surface area contributed by atoms with Crippen molar-refractivity contribution in [3.05, 3.63) is 32.4 Å². The van der Waals surface area contributed by atoms with Crippen LogP contribution < -0.4 is 5.56 Å². The van der Waals surface area contributed by atoms with Gasteiger partial charge in [0.2, 0.25) is 0 Å². The van der Waals surface area contributed by atoms with Crippen molar-refractivity contribution < 1.29 is 0 Å². The first-order valence-electron chi connectivity index (χ1n) is 6.01. The Balaban J connectivity index is 2.70. The molecule has 0 aliphatic carbocycles. The Kier molecular flexibility index (Phi) is 3.38. The molecule has 0 unspecified atom stereocenters. The molecule has 102 valence electrons. The van der Waals surface area contributed by atoms with Gasteiger partial charge < -0.3 is 4.98 Å². The lowest BCUT2D eigenvalue weighted by Gasteiger charge is -2.19. The highest BCUT2D eigenvalue weighted by Gasteiger charge is 2.23. The van der Waals surface area contributed by atoms with Crippen molar-refractivity contribution in [2.75, 3.05) is 0 Å². The number of aromatic nitrogens is 4. The molecule has 0 aliphatic rings. The molecule has 1 N–H and O–H groups in total. The van der Waals surface area contributed by atoms with E-state index in [0.29, 0.717) is 10.3 Å². The average molecular weight is 325 g/mol. The standard InChI is InChI=1S/C13H17BrN4O/c1-7-8(6-18(5)17-7)11-15-10(13(2,3)4)9(14)12(19)16-11/h6H,1-5H3,(H,15,16,19). The number of hydrogen-bond acceptors (Lipinski definition) is 3. The van der Waals surface area contributed by atoms with E-state index in [-0.39, 0.29) is 11.0 Å². The Morgan fingerprint density at radius 3 is 2.47 bits per heavy atom. The van der Waals surface area contributed by atoms with Gasteiger partial charge in [0.05, 0.1) is 17.0 Å². The summed E-state index contributed by atoms with van der Waals surface area (Å²) in [7, 11) is 1.85. The van der Waals surface area contributed by atoms with Gasteiger partial charge in [0.15, 0.2) is 0 Å². The van der Waals surface area contributed by atoms with Crippen LogP contribution in [0.15, 0.2) is 15.5 Å². The Bertz CT molecular complexity index is 679. The number of aryl methyl sites for hydroxylation is 2. The van der Waals surface area contributed by atoms with E-state index in [1.54, 1.807) is 4.68 Å². The van der Waals surface area contributed by atoms with E-state index in [1.165, 1.54) is 0 Å². The van der Waals surface area contributed by atoms with E-state index in [0.717, 1.165) is 17.0 Å². The molecule has 0 atom stereocenters. The highest BCUT2D eigenvalue weighted by Crippen LogP contribution is 2.27. The molecular formula is C13H17BrN4O. The molecule has 2 rings (SSSR count). The molecule has 0 fully saturated rings. The zero-order valence-corrected chi connectivity index (χ0v) is 13.3. The zero-order valence-electron chi connectivity index (χ0n) is 11.7. The maximum Gasteiger partial charge on any atom is 0.265 e. The fourth-order valence-corrected chi connectivity index (χ4v) is 2.70. The van der Waals surface area contributed by atoms with Gasteiger partial charge in [0.25, 0.3) is 5.56 Å². The van der Waals surface area contributed by atoms with Crippen molar-refractivity contribution in [2.45, 2.75) is 33.1 Å². The molecule has 5 nitrogen and oxygen atoms in total. The number of halogens is 1. The number of aromatic amines is 1. The van der Waals surface area contributed by atoms with E-state index in [2.05, 4.69) is 31.0 Å². The number of rotatable bonds is 1. The molecule has 0 amide bonds. The first-order valence-corrected chi connectivity index (χ1v) is 6.80. The molecule has 2 aromatic heterocycles. The summed E-state index contributed by atoms with van der Waals surface area (Å²) < 4.78 is 2.20. The van der Waals surface area contributed by atoms with Gasteiger partial charge >= 0.3 is 0 Å². The van der Waals surface area contributed by atoms with Crippen LogP contribution in [0, 0.1) is 6.92 Å². The van der Waals surface area contributed by atoms with Crippen LogP contribution in [0.1, 0.15) is 32.2 Å². The van der Waals surface area contributed by atoms with Gasteiger partial charge in [-0.05, 0) is 22.9 Å². The van der Waals surface area contributed by atoms with Gasteiger partial charge in [-0.25, -0.2) is 4.98 Å². The van der Waals surface area contributed by atoms with E-state index in [4.69, 9.17) is 0 Å². The van der Waals surface area contributed by atoms with Gasteiger partial charge in [-0.2, -0.15) is 5.10 Å². The quantitative estimate of drug-likeness (QED) is 0.876. The number of H-pyrrole nitrogens is 1. The van der Waals surface area contributed by atoms with Crippen LogP contribution in [0.2, 0.25) is 0 Å². The van der Waals surface area contributed by atoms with Crippen molar-refractivity contribution >= 4 is 15.9 Å². The minimum absolute atomic E-state index is 0.168. The minimum atomic E-state index is -0.210. The Labute approximate surface area is 120 Å². The highest BCUT2D eigenvalue weighted by atomic mass is 79.9. The normalized spacial score (nSPS) is 11.9. The summed E-state index contributed by atoms with van der Waals surface area (Å²) in [5, 5.41) is 4.27. The maximum absolute atomic E-state index is 12.0. The van der Waals surface area contributed by atoms with Gasteiger partial charge in [-0.3, -0.25) is 9.48 Å². The smallest absolute Gasteiger partial charge is 0.265 e. The van der Waals surface area contributed by atoms with Gasteiger partial charge in [-0.1, -0.05) is 20.8 Å². The second-order valence-electron chi connectivity index (χ2n) is 5.63.